The molecular formula is C13H20ClNO2. The fraction of sp³-hybridized carbons (Fsp3) is 0.615. The Morgan fingerprint density at radius 2 is 2.06 bits per heavy atom. The van der Waals surface area contributed by atoms with Crippen molar-refractivity contribution in [3.05, 3.63) is 23.5 Å². The molecule has 1 heterocycles. The molecule has 96 valence electrons. The molecule has 0 aliphatic carbocycles. The second-order valence-corrected chi connectivity index (χ2v) is 4.11. The van der Waals surface area contributed by atoms with Crippen molar-refractivity contribution in [2.24, 2.45) is 0 Å². The molecule has 0 saturated heterocycles. The van der Waals surface area contributed by atoms with Crippen LogP contribution in [0.4, 0.5) is 0 Å². The van der Waals surface area contributed by atoms with Crippen LogP contribution in [-0.4, -0.2) is 24.8 Å². The summed E-state index contributed by atoms with van der Waals surface area (Å²) in [7, 11) is 0. The molecule has 1 aromatic rings. The average Bonchev–Trinajstić information content (AvgIpc) is 2.35. The van der Waals surface area contributed by atoms with E-state index >= 15 is 0 Å². The van der Waals surface area contributed by atoms with Gasteiger partial charge in [-0.1, -0.05) is 13.3 Å². The highest BCUT2D eigenvalue weighted by molar-refractivity contribution is 6.17. The first-order valence-corrected chi connectivity index (χ1v) is 6.54. The van der Waals surface area contributed by atoms with Gasteiger partial charge in [0.2, 0.25) is 0 Å². The molecule has 17 heavy (non-hydrogen) atoms. The SMILES string of the molecule is CCCCOCCOc1ccc(C)nc1CCl. The zero-order valence-electron chi connectivity index (χ0n) is 10.5. The number of unbranched alkanes of at least 4 members (excludes halogenated alkanes) is 1. The van der Waals surface area contributed by atoms with E-state index < -0.39 is 0 Å². The zero-order chi connectivity index (χ0) is 12.5. The minimum Gasteiger partial charge on any atom is -0.489 e. The molecule has 0 amide bonds. The van der Waals surface area contributed by atoms with Gasteiger partial charge in [0.15, 0.2) is 0 Å². The standard InChI is InChI=1S/C13H20ClNO2/c1-3-4-7-16-8-9-17-13-6-5-11(2)15-12(13)10-14/h5-6H,3-4,7-10H2,1-2H3. The molecule has 0 N–H and O–H groups in total. The third-order valence-corrected chi connectivity index (χ3v) is 2.58. The summed E-state index contributed by atoms with van der Waals surface area (Å²) in [5.74, 6) is 1.12. The molecule has 0 aromatic carbocycles. The second kappa shape index (κ2) is 8.31. The number of nitrogens with zero attached hydrogens (tertiary/aromatic N) is 1. The van der Waals surface area contributed by atoms with Gasteiger partial charge in [0, 0.05) is 12.3 Å². The van der Waals surface area contributed by atoms with Crippen molar-refractivity contribution in [1.82, 2.24) is 4.98 Å². The van der Waals surface area contributed by atoms with E-state index in [1.54, 1.807) is 0 Å². The Hall–Kier alpha value is -0.800. The van der Waals surface area contributed by atoms with Crippen LogP contribution in [0.2, 0.25) is 0 Å². The first kappa shape index (κ1) is 14.3. The average molecular weight is 258 g/mol. The lowest BCUT2D eigenvalue weighted by molar-refractivity contribution is 0.0976. The smallest absolute Gasteiger partial charge is 0.142 e. The van der Waals surface area contributed by atoms with Crippen LogP contribution in [0.1, 0.15) is 31.2 Å². The number of halogens is 1. The lowest BCUT2D eigenvalue weighted by Crippen LogP contribution is -2.09. The summed E-state index contributed by atoms with van der Waals surface area (Å²) in [5.41, 5.74) is 1.74. The minimum atomic E-state index is 0.369. The molecule has 0 saturated carbocycles. The van der Waals surface area contributed by atoms with E-state index in [0.717, 1.165) is 36.6 Å². The van der Waals surface area contributed by atoms with Crippen molar-refractivity contribution in [3.8, 4) is 5.75 Å². The topological polar surface area (TPSA) is 31.4 Å². The summed E-state index contributed by atoms with van der Waals surface area (Å²) in [6, 6.07) is 3.83. The summed E-state index contributed by atoms with van der Waals surface area (Å²) in [6.07, 6.45) is 2.25. The van der Waals surface area contributed by atoms with Crippen LogP contribution in [0.25, 0.3) is 0 Å². The normalized spacial score (nSPS) is 10.5. The number of alkyl halides is 1. The van der Waals surface area contributed by atoms with E-state index in [0.29, 0.717) is 19.1 Å². The van der Waals surface area contributed by atoms with E-state index in [1.807, 2.05) is 19.1 Å². The van der Waals surface area contributed by atoms with Crippen LogP contribution < -0.4 is 4.74 Å². The Kier molecular flexibility index (Phi) is 6.97. The van der Waals surface area contributed by atoms with E-state index in [-0.39, 0.29) is 0 Å². The van der Waals surface area contributed by atoms with Crippen molar-refractivity contribution < 1.29 is 9.47 Å². The molecule has 0 bridgehead atoms. The monoisotopic (exact) mass is 257 g/mol. The van der Waals surface area contributed by atoms with Gasteiger partial charge in [-0.15, -0.1) is 11.6 Å². The summed E-state index contributed by atoms with van der Waals surface area (Å²) >= 11 is 5.81. The molecule has 0 aliphatic heterocycles. The van der Waals surface area contributed by atoms with E-state index in [1.165, 1.54) is 0 Å². The number of pyridine rings is 1. The van der Waals surface area contributed by atoms with Crippen molar-refractivity contribution in [2.75, 3.05) is 19.8 Å². The highest BCUT2D eigenvalue weighted by Gasteiger charge is 2.04. The molecule has 4 heteroatoms. The fourth-order valence-corrected chi connectivity index (χ4v) is 1.58. The summed E-state index contributed by atoms with van der Waals surface area (Å²) in [4.78, 5) is 4.32. The van der Waals surface area contributed by atoms with Gasteiger partial charge < -0.3 is 9.47 Å². The van der Waals surface area contributed by atoms with Gasteiger partial charge in [0.25, 0.3) is 0 Å². The summed E-state index contributed by atoms with van der Waals surface area (Å²) < 4.78 is 11.0. The number of rotatable bonds is 8. The lowest BCUT2D eigenvalue weighted by atomic mass is 10.3. The van der Waals surface area contributed by atoms with E-state index in [9.17, 15) is 0 Å². The number of hydrogen-bond acceptors (Lipinski definition) is 3. The molecule has 0 radical (unpaired) electrons. The minimum absolute atomic E-state index is 0.369. The number of aryl methyl sites for hydroxylation is 1. The van der Waals surface area contributed by atoms with Crippen LogP contribution in [-0.2, 0) is 10.6 Å². The Balaban J connectivity index is 2.31. The summed E-state index contributed by atoms with van der Waals surface area (Å²) in [5, 5.41) is 0. The van der Waals surface area contributed by atoms with Crippen LogP contribution in [0.15, 0.2) is 12.1 Å². The van der Waals surface area contributed by atoms with Crippen molar-refractivity contribution in [1.29, 1.82) is 0 Å². The van der Waals surface area contributed by atoms with E-state index in [2.05, 4.69) is 11.9 Å². The Morgan fingerprint density at radius 1 is 1.24 bits per heavy atom. The number of aromatic nitrogens is 1. The van der Waals surface area contributed by atoms with Gasteiger partial charge in [-0.3, -0.25) is 4.98 Å². The second-order valence-electron chi connectivity index (χ2n) is 3.85. The predicted octanol–water partition coefficient (Wildman–Crippen LogP) is 3.32. The molecule has 3 nitrogen and oxygen atoms in total. The molecule has 0 aliphatic rings. The molecule has 0 spiro atoms. The molecule has 0 atom stereocenters. The van der Waals surface area contributed by atoms with Crippen LogP contribution in [0, 0.1) is 6.92 Å². The van der Waals surface area contributed by atoms with Gasteiger partial charge in [-0.2, -0.15) is 0 Å². The van der Waals surface area contributed by atoms with Gasteiger partial charge in [0.1, 0.15) is 12.4 Å². The molecular weight excluding hydrogens is 238 g/mol. The highest BCUT2D eigenvalue weighted by atomic mass is 35.5. The van der Waals surface area contributed by atoms with Gasteiger partial charge in [-0.25, -0.2) is 0 Å². The first-order valence-electron chi connectivity index (χ1n) is 6.01. The maximum absolute atomic E-state index is 5.81. The third kappa shape index (κ3) is 5.37. The Labute approximate surface area is 108 Å². The van der Waals surface area contributed by atoms with Gasteiger partial charge >= 0.3 is 0 Å². The van der Waals surface area contributed by atoms with Gasteiger partial charge in [0.05, 0.1) is 18.2 Å². The number of hydrogen-bond donors (Lipinski definition) is 0. The van der Waals surface area contributed by atoms with Crippen molar-refractivity contribution in [2.45, 2.75) is 32.6 Å². The zero-order valence-corrected chi connectivity index (χ0v) is 11.3. The maximum atomic E-state index is 5.81. The third-order valence-electron chi connectivity index (χ3n) is 2.33. The van der Waals surface area contributed by atoms with Crippen molar-refractivity contribution in [3.63, 3.8) is 0 Å². The lowest BCUT2D eigenvalue weighted by Gasteiger charge is -2.10. The molecule has 1 aromatic heterocycles. The fourth-order valence-electron chi connectivity index (χ4n) is 1.38. The molecule has 0 unspecified atom stereocenters. The Morgan fingerprint density at radius 3 is 2.76 bits per heavy atom. The maximum Gasteiger partial charge on any atom is 0.142 e. The largest absolute Gasteiger partial charge is 0.489 e. The molecule has 0 fully saturated rings. The van der Waals surface area contributed by atoms with Gasteiger partial charge in [-0.05, 0) is 25.5 Å². The summed E-state index contributed by atoms with van der Waals surface area (Å²) in [6.45, 7) is 6.03. The quantitative estimate of drug-likeness (QED) is 0.529. The highest BCUT2D eigenvalue weighted by Crippen LogP contribution is 2.18. The first-order chi connectivity index (χ1) is 8.27. The predicted molar refractivity (Wildman–Crippen MR) is 69.8 cm³/mol. The van der Waals surface area contributed by atoms with Crippen molar-refractivity contribution >= 4 is 11.6 Å². The number of ether oxygens (including phenoxy) is 2. The molecule has 1 rings (SSSR count). The van der Waals surface area contributed by atoms with Crippen LogP contribution in [0.3, 0.4) is 0 Å². The van der Waals surface area contributed by atoms with Crippen LogP contribution >= 0.6 is 11.6 Å². The Bertz CT molecular complexity index is 331. The van der Waals surface area contributed by atoms with E-state index in [4.69, 9.17) is 21.1 Å². The van der Waals surface area contributed by atoms with Crippen LogP contribution in [0.5, 0.6) is 5.75 Å².